The summed E-state index contributed by atoms with van der Waals surface area (Å²) in [5, 5.41) is 35.2. The standard InChI is InChI=1S/C14H9N5/c15-6-11-3-1-10(2-4-11)5-12(7-16)14(19)13(8-17)9-18/h1-4,12H,5,19H2/t12-/m1/s1. The van der Waals surface area contributed by atoms with E-state index in [1.165, 1.54) is 0 Å². The van der Waals surface area contributed by atoms with Crippen LogP contribution in [0, 0.1) is 51.2 Å². The molecule has 2 N–H and O–H groups in total. The number of nitrogens with two attached hydrogens (primary N) is 1. The lowest BCUT2D eigenvalue weighted by atomic mass is 9.95. The van der Waals surface area contributed by atoms with Gasteiger partial charge in [0.1, 0.15) is 17.7 Å². The molecule has 0 heterocycles. The summed E-state index contributed by atoms with van der Waals surface area (Å²) in [6.45, 7) is 0. The summed E-state index contributed by atoms with van der Waals surface area (Å²) < 4.78 is 0. The van der Waals surface area contributed by atoms with Gasteiger partial charge in [-0.15, -0.1) is 0 Å². The van der Waals surface area contributed by atoms with Crippen molar-refractivity contribution in [1.82, 2.24) is 0 Å². The second-order valence-electron chi connectivity index (χ2n) is 3.75. The highest BCUT2D eigenvalue weighted by molar-refractivity contribution is 5.42. The minimum atomic E-state index is -0.734. The molecule has 5 heteroatoms. The average Bonchev–Trinajstić information content (AvgIpc) is 2.46. The zero-order valence-electron chi connectivity index (χ0n) is 9.96. The molecule has 0 aromatic heterocycles. The van der Waals surface area contributed by atoms with Crippen molar-refractivity contribution in [2.45, 2.75) is 6.42 Å². The first kappa shape index (κ1) is 13.8. The highest BCUT2D eigenvalue weighted by Gasteiger charge is 2.16. The van der Waals surface area contributed by atoms with E-state index in [1.54, 1.807) is 36.4 Å². The number of nitrogens with zero attached hydrogens (tertiary/aromatic N) is 4. The lowest BCUT2D eigenvalue weighted by molar-refractivity contribution is 0.753. The van der Waals surface area contributed by atoms with Crippen LogP contribution >= 0.6 is 0 Å². The lowest BCUT2D eigenvalue weighted by Crippen LogP contribution is -2.15. The van der Waals surface area contributed by atoms with Crippen LogP contribution in [0.3, 0.4) is 0 Å². The third-order valence-corrected chi connectivity index (χ3v) is 2.57. The molecule has 0 saturated carbocycles. The third kappa shape index (κ3) is 3.34. The zero-order valence-corrected chi connectivity index (χ0v) is 9.96. The first-order valence-electron chi connectivity index (χ1n) is 5.34. The second kappa shape index (κ2) is 6.45. The monoisotopic (exact) mass is 247 g/mol. The topological polar surface area (TPSA) is 121 Å². The van der Waals surface area contributed by atoms with Crippen LogP contribution in [0.15, 0.2) is 35.5 Å². The van der Waals surface area contributed by atoms with E-state index in [0.717, 1.165) is 5.56 Å². The molecule has 0 fully saturated rings. The van der Waals surface area contributed by atoms with Crippen molar-refractivity contribution in [3.05, 3.63) is 46.7 Å². The molecule has 1 atom stereocenters. The normalized spacial score (nSPS) is 10.1. The molecule has 0 radical (unpaired) electrons. The molecule has 0 saturated heterocycles. The van der Waals surface area contributed by atoms with E-state index in [9.17, 15) is 0 Å². The highest BCUT2D eigenvalue weighted by atomic mass is 14.6. The number of allylic oxidation sites excluding steroid dienone is 2. The van der Waals surface area contributed by atoms with Gasteiger partial charge in [0.15, 0.2) is 0 Å². The number of benzene rings is 1. The number of hydrogen-bond donors (Lipinski definition) is 1. The maximum Gasteiger partial charge on any atom is 0.149 e. The number of hydrogen-bond acceptors (Lipinski definition) is 5. The Morgan fingerprint density at radius 3 is 2.05 bits per heavy atom. The predicted octanol–water partition coefficient (Wildman–Crippen LogP) is 1.50. The Labute approximate surface area is 111 Å². The SMILES string of the molecule is N#CC(C#N)=C(N)[C@@H](C#N)Cc1ccc(C#N)cc1. The van der Waals surface area contributed by atoms with E-state index in [0.29, 0.717) is 12.0 Å². The van der Waals surface area contributed by atoms with E-state index in [2.05, 4.69) is 0 Å². The van der Waals surface area contributed by atoms with Crippen LogP contribution in [-0.4, -0.2) is 0 Å². The highest BCUT2D eigenvalue weighted by Crippen LogP contribution is 2.16. The van der Waals surface area contributed by atoms with Crippen molar-refractivity contribution in [3.63, 3.8) is 0 Å². The summed E-state index contributed by atoms with van der Waals surface area (Å²) in [4.78, 5) is 0. The van der Waals surface area contributed by atoms with Gasteiger partial charge in [-0.25, -0.2) is 0 Å². The smallest absolute Gasteiger partial charge is 0.149 e. The minimum absolute atomic E-state index is 0.0168. The zero-order chi connectivity index (χ0) is 14.3. The lowest BCUT2D eigenvalue weighted by Gasteiger charge is -2.09. The molecule has 5 nitrogen and oxygen atoms in total. The van der Waals surface area contributed by atoms with Crippen LogP contribution in [0.25, 0.3) is 0 Å². The predicted molar refractivity (Wildman–Crippen MR) is 66.4 cm³/mol. The van der Waals surface area contributed by atoms with E-state index >= 15 is 0 Å². The fraction of sp³-hybridized carbons (Fsp3) is 0.143. The van der Waals surface area contributed by atoms with Gasteiger partial charge in [-0.1, -0.05) is 12.1 Å². The van der Waals surface area contributed by atoms with Crippen LogP contribution in [0.4, 0.5) is 0 Å². The van der Waals surface area contributed by atoms with Gasteiger partial charge in [0.25, 0.3) is 0 Å². The fourth-order valence-corrected chi connectivity index (χ4v) is 1.50. The van der Waals surface area contributed by atoms with E-state index in [1.807, 2.05) is 12.1 Å². The van der Waals surface area contributed by atoms with Gasteiger partial charge in [0.2, 0.25) is 0 Å². The molecule has 0 amide bonds. The summed E-state index contributed by atoms with van der Waals surface area (Å²) in [6.07, 6.45) is 0.293. The third-order valence-electron chi connectivity index (χ3n) is 2.57. The molecule has 90 valence electrons. The largest absolute Gasteiger partial charge is 0.399 e. The van der Waals surface area contributed by atoms with Crippen LogP contribution in [-0.2, 0) is 6.42 Å². The van der Waals surface area contributed by atoms with Gasteiger partial charge in [0.05, 0.1) is 29.3 Å². The molecule has 0 aliphatic carbocycles. The first-order chi connectivity index (χ1) is 9.15. The van der Waals surface area contributed by atoms with Crippen LogP contribution in [0.1, 0.15) is 11.1 Å². The fourth-order valence-electron chi connectivity index (χ4n) is 1.50. The maximum atomic E-state index is 9.06. The molecule has 0 spiro atoms. The van der Waals surface area contributed by atoms with Crippen molar-refractivity contribution in [2.75, 3.05) is 0 Å². The Morgan fingerprint density at radius 2 is 1.63 bits per heavy atom. The molecule has 1 aromatic carbocycles. The second-order valence-corrected chi connectivity index (χ2v) is 3.75. The molecular weight excluding hydrogens is 238 g/mol. The molecule has 0 bridgehead atoms. The Bertz CT molecular complexity index is 640. The molecule has 0 aliphatic rings. The summed E-state index contributed by atoms with van der Waals surface area (Å²) >= 11 is 0. The van der Waals surface area contributed by atoms with Crippen LogP contribution in [0.2, 0.25) is 0 Å². The average molecular weight is 247 g/mol. The van der Waals surface area contributed by atoms with Gasteiger partial charge < -0.3 is 5.73 Å². The van der Waals surface area contributed by atoms with Crippen molar-refractivity contribution >= 4 is 0 Å². The molecule has 19 heavy (non-hydrogen) atoms. The number of nitriles is 4. The van der Waals surface area contributed by atoms with E-state index in [4.69, 9.17) is 26.8 Å². The quantitative estimate of drug-likeness (QED) is 0.811. The molecule has 1 rings (SSSR count). The number of rotatable bonds is 3. The summed E-state index contributed by atoms with van der Waals surface area (Å²) in [5.74, 6) is -0.734. The van der Waals surface area contributed by atoms with Crippen molar-refractivity contribution in [2.24, 2.45) is 11.7 Å². The minimum Gasteiger partial charge on any atom is -0.399 e. The van der Waals surface area contributed by atoms with Gasteiger partial charge >= 0.3 is 0 Å². The van der Waals surface area contributed by atoms with Gasteiger partial charge in [-0.05, 0) is 24.1 Å². The summed E-state index contributed by atoms with van der Waals surface area (Å²) in [7, 11) is 0. The Kier molecular flexibility index (Phi) is 4.68. The van der Waals surface area contributed by atoms with Crippen LogP contribution in [0.5, 0.6) is 0 Å². The molecular formula is C14H9N5. The summed E-state index contributed by atoms with van der Waals surface area (Å²) in [5.41, 5.74) is 6.74. The van der Waals surface area contributed by atoms with Gasteiger partial charge in [-0.3, -0.25) is 0 Å². The Hall–Kier alpha value is -3.28. The summed E-state index contributed by atoms with van der Waals surface area (Å²) in [6, 6.07) is 14.0. The maximum absolute atomic E-state index is 9.06. The van der Waals surface area contributed by atoms with Crippen molar-refractivity contribution in [3.8, 4) is 24.3 Å². The van der Waals surface area contributed by atoms with Crippen molar-refractivity contribution in [1.29, 1.82) is 21.0 Å². The van der Waals surface area contributed by atoms with E-state index < -0.39 is 5.92 Å². The van der Waals surface area contributed by atoms with Gasteiger partial charge in [-0.2, -0.15) is 21.0 Å². The van der Waals surface area contributed by atoms with E-state index in [-0.39, 0.29) is 11.3 Å². The van der Waals surface area contributed by atoms with Gasteiger partial charge in [0, 0.05) is 0 Å². The Morgan fingerprint density at radius 1 is 1.05 bits per heavy atom. The molecule has 0 aliphatic heterocycles. The van der Waals surface area contributed by atoms with Crippen molar-refractivity contribution < 1.29 is 0 Å². The molecule has 0 unspecified atom stereocenters. The first-order valence-corrected chi connectivity index (χ1v) is 5.34. The molecule has 1 aromatic rings. The Balaban J connectivity index is 3.00. The van der Waals surface area contributed by atoms with Crippen LogP contribution < -0.4 is 5.73 Å².